The molecule has 0 unspecified atom stereocenters. The van der Waals surface area contributed by atoms with Gasteiger partial charge in [0.15, 0.2) is 16.1 Å². The first kappa shape index (κ1) is 18.7. The Labute approximate surface area is 181 Å². The summed E-state index contributed by atoms with van der Waals surface area (Å²) in [5, 5.41) is 4.39. The van der Waals surface area contributed by atoms with Crippen LogP contribution in [0.2, 0.25) is 0 Å². The maximum Gasteiger partial charge on any atom is 0.254 e. The Morgan fingerprint density at radius 3 is 2.50 bits per heavy atom. The summed E-state index contributed by atoms with van der Waals surface area (Å²) in [7, 11) is 0. The minimum Gasteiger partial charge on any atom is -0.446 e. The van der Waals surface area contributed by atoms with Crippen LogP contribution < -0.4 is 10.6 Å². The van der Waals surface area contributed by atoms with Gasteiger partial charge < -0.3 is 20.0 Å². The molecule has 1 aliphatic rings. The third kappa shape index (κ3) is 3.41. The molecule has 3 aromatic heterocycles. The Morgan fingerprint density at radius 1 is 1.03 bits per heavy atom. The van der Waals surface area contributed by atoms with Gasteiger partial charge in [0.2, 0.25) is 5.82 Å². The number of halogens is 1. The molecule has 1 aliphatic heterocycles. The van der Waals surface area contributed by atoms with Gasteiger partial charge in [-0.1, -0.05) is 18.2 Å². The van der Waals surface area contributed by atoms with Gasteiger partial charge in [-0.2, -0.15) is 4.52 Å². The number of benzene rings is 1. The minimum atomic E-state index is -0.0535. The van der Waals surface area contributed by atoms with Crippen molar-refractivity contribution < 1.29 is 9.21 Å². The summed E-state index contributed by atoms with van der Waals surface area (Å²) in [5.74, 6) is 1.23. The number of anilines is 2. The number of carbonyl (C=O) groups excluding carboxylic acids is 1. The van der Waals surface area contributed by atoms with Crippen LogP contribution in [0.5, 0.6) is 0 Å². The average Bonchev–Trinajstić information content (AvgIpc) is 3.40. The van der Waals surface area contributed by atoms with Crippen molar-refractivity contribution in [2.45, 2.75) is 0 Å². The van der Waals surface area contributed by atoms with Crippen LogP contribution in [0.15, 0.2) is 63.7 Å². The van der Waals surface area contributed by atoms with Crippen LogP contribution in [-0.4, -0.2) is 51.6 Å². The topological polar surface area (TPSA) is 92.9 Å². The van der Waals surface area contributed by atoms with Gasteiger partial charge in [-0.15, -0.1) is 5.10 Å². The zero-order valence-electron chi connectivity index (χ0n) is 16.0. The number of piperazine rings is 1. The number of carbonyl (C=O) groups is 1. The molecule has 4 heterocycles. The predicted molar refractivity (Wildman–Crippen MR) is 117 cm³/mol. The van der Waals surface area contributed by atoms with Gasteiger partial charge >= 0.3 is 0 Å². The van der Waals surface area contributed by atoms with Crippen molar-refractivity contribution in [1.82, 2.24) is 19.5 Å². The van der Waals surface area contributed by atoms with Gasteiger partial charge in [0.05, 0.1) is 0 Å². The molecule has 0 bridgehead atoms. The van der Waals surface area contributed by atoms with E-state index in [2.05, 4.69) is 43.0 Å². The minimum absolute atomic E-state index is 0.0535. The molecule has 0 aliphatic carbocycles. The molecule has 9 heteroatoms. The average molecular weight is 467 g/mol. The van der Waals surface area contributed by atoms with E-state index in [4.69, 9.17) is 10.2 Å². The first-order chi connectivity index (χ1) is 14.6. The Balaban J connectivity index is 1.36. The fraction of sp³-hybridized carbons (Fsp3) is 0.190. The molecule has 5 rings (SSSR count). The highest BCUT2D eigenvalue weighted by Crippen LogP contribution is 2.24. The molecule has 2 N–H and O–H groups in total. The van der Waals surface area contributed by atoms with Crippen molar-refractivity contribution in [3.05, 3.63) is 64.8 Å². The number of nitrogen functional groups attached to an aromatic ring is 1. The lowest BCUT2D eigenvalue weighted by Crippen LogP contribution is -2.48. The van der Waals surface area contributed by atoms with Crippen molar-refractivity contribution in [2.24, 2.45) is 0 Å². The maximum atomic E-state index is 13.1. The third-order valence-corrected chi connectivity index (χ3v) is 5.62. The van der Waals surface area contributed by atoms with E-state index in [-0.39, 0.29) is 5.91 Å². The second kappa shape index (κ2) is 7.49. The molecule has 0 spiro atoms. The summed E-state index contributed by atoms with van der Waals surface area (Å²) < 4.78 is 7.62. The smallest absolute Gasteiger partial charge is 0.254 e. The summed E-state index contributed by atoms with van der Waals surface area (Å²) in [4.78, 5) is 21.7. The predicted octanol–water partition coefficient (Wildman–Crippen LogP) is 3.30. The fourth-order valence-corrected chi connectivity index (χ4v) is 3.97. The molecule has 4 aromatic rings. The number of fused-ring (bicyclic) bond motifs is 1. The highest BCUT2D eigenvalue weighted by Gasteiger charge is 2.24. The van der Waals surface area contributed by atoms with Gasteiger partial charge in [-0.05, 0) is 52.3 Å². The van der Waals surface area contributed by atoms with Crippen LogP contribution in [0.1, 0.15) is 10.4 Å². The van der Waals surface area contributed by atoms with Gasteiger partial charge in [-0.3, -0.25) is 4.79 Å². The molecule has 1 saturated heterocycles. The quantitative estimate of drug-likeness (QED) is 0.497. The maximum absolute atomic E-state index is 13.1. The molecular formula is C21H19BrN6O2. The van der Waals surface area contributed by atoms with Gasteiger partial charge in [0, 0.05) is 37.4 Å². The lowest BCUT2D eigenvalue weighted by Gasteiger charge is -2.36. The number of pyridine rings is 1. The monoisotopic (exact) mass is 466 g/mol. The Morgan fingerprint density at radius 2 is 1.80 bits per heavy atom. The first-order valence-corrected chi connectivity index (χ1v) is 10.4. The molecule has 1 fully saturated rings. The van der Waals surface area contributed by atoms with Crippen LogP contribution >= 0.6 is 15.9 Å². The highest BCUT2D eigenvalue weighted by atomic mass is 79.9. The summed E-state index contributed by atoms with van der Waals surface area (Å²) in [6.45, 7) is 2.88. The molecule has 0 saturated carbocycles. The third-order valence-electron chi connectivity index (χ3n) is 5.19. The van der Waals surface area contributed by atoms with Crippen molar-refractivity contribution in [3.8, 4) is 11.6 Å². The molecule has 0 radical (unpaired) electrons. The number of hydrogen-bond donors (Lipinski definition) is 1. The van der Waals surface area contributed by atoms with Gasteiger partial charge in [-0.25, -0.2) is 4.98 Å². The molecule has 0 atom stereocenters. The lowest BCUT2D eigenvalue weighted by molar-refractivity contribution is 0.0747. The van der Waals surface area contributed by atoms with E-state index in [1.807, 2.05) is 23.1 Å². The SMILES string of the molecule is Nc1cc(C(=O)N2CCN(c3ccccc3)CC2)cc2nc(-c3ccc(Br)o3)nn12. The standard InChI is InChI=1S/C21H19BrN6O2/c22-17-7-6-16(30-17)20-24-19-13-14(12-18(23)28(19)25-20)21(29)27-10-8-26(9-11-27)15-4-2-1-3-5-15/h1-7,12-13H,8-11,23H2. The Kier molecular flexibility index (Phi) is 4.66. The van der Waals surface area contributed by atoms with Crippen LogP contribution in [-0.2, 0) is 0 Å². The van der Waals surface area contributed by atoms with E-state index in [0.717, 1.165) is 13.1 Å². The Hall–Kier alpha value is -3.33. The lowest BCUT2D eigenvalue weighted by atomic mass is 10.2. The van der Waals surface area contributed by atoms with Crippen LogP contribution in [0.4, 0.5) is 11.5 Å². The number of hydrogen-bond acceptors (Lipinski definition) is 6. The molecule has 152 valence electrons. The zero-order chi connectivity index (χ0) is 20.7. The van der Waals surface area contributed by atoms with E-state index in [1.165, 1.54) is 10.2 Å². The summed E-state index contributed by atoms with van der Waals surface area (Å²) >= 11 is 3.27. The van der Waals surface area contributed by atoms with Gasteiger partial charge in [0.1, 0.15) is 5.82 Å². The van der Waals surface area contributed by atoms with Crippen LogP contribution in [0, 0.1) is 0 Å². The molecule has 1 amide bonds. The highest BCUT2D eigenvalue weighted by molar-refractivity contribution is 9.10. The number of nitrogens with two attached hydrogens (primary N) is 1. The molecule has 1 aromatic carbocycles. The normalized spacial score (nSPS) is 14.4. The molecule has 30 heavy (non-hydrogen) atoms. The van der Waals surface area contributed by atoms with Crippen molar-refractivity contribution in [3.63, 3.8) is 0 Å². The van der Waals surface area contributed by atoms with Crippen molar-refractivity contribution in [1.29, 1.82) is 0 Å². The van der Waals surface area contributed by atoms with Crippen LogP contribution in [0.25, 0.3) is 17.2 Å². The number of aromatic nitrogens is 3. The van der Waals surface area contributed by atoms with E-state index >= 15 is 0 Å². The summed E-state index contributed by atoms with van der Waals surface area (Å²) in [6, 6.07) is 17.1. The van der Waals surface area contributed by atoms with E-state index in [0.29, 0.717) is 46.4 Å². The fourth-order valence-electron chi connectivity index (χ4n) is 3.66. The van der Waals surface area contributed by atoms with Crippen LogP contribution in [0.3, 0.4) is 0 Å². The zero-order valence-corrected chi connectivity index (χ0v) is 17.6. The molecule has 8 nitrogen and oxygen atoms in total. The van der Waals surface area contributed by atoms with E-state index in [9.17, 15) is 4.79 Å². The molecular weight excluding hydrogens is 448 g/mol. The largest absolute Gasteiger partial charge is 0.446 e. The summed E-state index contributed by atoms with van der Waals surface area (Å²) in [6.07, 6.45) is 0. The van der Waals surface area contributed by atoms with Crippen molar-refractivity contribution in [2.75, 3.05) is 36.8 Å². The number of rotatable bonds is 3. The second-order valence-electron chi connectivity index (χ2n) is 7.09. The van der Waals surface area contributed by atoms with E-state index in [1.54, 1.807) is 24.3 Å². The second-order valence-corrected chi connectivity index (χ2v) is 7.87. The van der Waals surface area contributed by atoms with Gasteiger partial charge in [0.25, 0.3) is 5.91 Å². The number of furan rings is 1. The van der Waals surface area contributed by atoms with E-state index < -0.39 is 0 Å². The number of amides is 1. The van der Waals surface area contributed by atoms with Crippen molar-refractivity contribution >= 4 is 39.0 Å². The summed E-state index contributed by atoms with van der Waals surface area (Å²) in [5.41, 5.74) is 8.35. The number of nitrogens with zero attached hydrogens (tertiary/aromatic N) is 5. The number of para-hydroxylation sites is 1. The Bertz CT molecular complexity index is 1210. The first-order valence-electron chi connectivity index (χ1n) is 9.60.